The fraction of sp³-hybridized carbons (Fsp3) is 1.00. The van der Waals surface area contributed by atoms with Crippen molar-refractivity contribution < 1.29 is 32.5 Å². The molecular weight excluding hydrogens is 350 g/mol. The minimum atomic E-state index is -4.23. The quantitative estimate of drug-likeness (QED) is 0.230. The molecule has 0 unspecified atom stereocenters. The number of hydrogen-bond acceptors (Lipinski definition) is 7. The van der Waals surface area contributed by atoms with Crippen molar-refractivity contribution in [3.8, 4) is 0 Å². The zero-order chi connectivity index (χ0) is 19.4. The van der Waals surface area contributed by atoms with Crippen LogP contribution in [0.2, 0.25) is 0 Å². The summed E-state index contributed by atoms with van der Waals surface area (Å²) in [6.45, 7) is 4.03. The Kier molecular flexibility index (Phi) is 21.6. The lowest BCUT2D eigenvalue weighted by molar-refractivity contribution is 0.136. The van der Waals surface area contributed by atoms with Gasteiger partial charge in [0, 0.05) is 19.6 Å². The molecule has 0 fully saturated rings. The Bertz CT molecular complexity index is 338. The summed E-state index contributed by atoms with van der Waals surface area (Å²) in [7, 11) is -4.23. The SMILES string of the molecule is CCCCCCCCCCOS(=O)(=O)O.OCCN(CCO)CCO. The summed E-state index contributed by atoms with van der Waals surface area (Å²) in [6.07, 6.45) is 9.05. The Morgan fingerprint density at radius 2 is 1.16 bits per heavy atom. The summed E-state index contributed by atoms with van der Waals surface area (Å²) in [6, 6.07) is 0. The molecule has 0 aromatic heterocycles. The molecule has 0 rings (SSSR count). The molecule has 0 heterocycles. The summed E-state index contributed by atoms with van der Waals surface area (Å²) >= 11 is 0. The predicted molar refractivity (Wildman–Crippen MR) is 97.8 cm³/mol. The number of nitrogens with zero attached hydrogens (tertiary/aromatic N) is 1. The molecule has 9 heteroatoms. The van der Waals surface area contributed by atoms with Crippen molar-refractivity contribution in [2.24, 2.45) is 0 Å². The van der Waals surface area contributed by atoms with Gasteiger partial charge in [0.25, 0.3) is 0 Å². The van der Waals surface area contributed by atoms with Crippen LogP contribution >= 0.6 is 0 Å². The van der Waals surface area contributed by atoms with Gasteiger partial charge in [-0.1, -0.05) is 51.9 Å². The van der Waals surface area contributed by atoms with E-state index < -0.39 is 10.4 Å². The molecule has 0 aliphatic rings. The maximum Gasteiger partial charge on any atom is 0.397 e. The Morgan fingerprint density at radius 1 is 0.760 bits per heavy atom. The first-order chi connectivity index (χ1) is 11.9. The lowest BCUT2D eigenvalue weighted by atomic mass is 10.1. The Balaban J connectivity index is 0. The number of unbranched alkanes of at least 4 members (excludes halogenated alkanes) is 7. The maximum absolute atomic E-state index is 10.2. The van der Waals surface area contributed by atoms with Crippen molar-refractivity contribution in [2.45, 2.75) is 58.3 Å². The topological polar surface area (TPSA) is 128 Å². The average Bonchev–Trinajstić information content (AvgIpc) is 2.54. The van der Waals surface area contributed by atoms with E-state index in [2.05, 4.69) is 11.1 Å². The molecule has 154 valence electrons. The molecule has 0 aliphatic carbocycles. The fourth-order valence-corrected chi connectivity index (χ4v) is 2.49. The van der Waals surface area contributed by atoms with E-state index in [1.54, 1.807) is 4.90 Å². The normalized spacial score (nSPS) is 11.4. The van der Waals surface area contributed by atoms with Crippen molar-refractivity contribution in [3.05, 3.63) is 0 Å². The molecule has 4 N–H and O–H groups in total. The van der Waals surface area contributed by atoms with Crippen LogP contribution in [-0.4, -0.2) is 79.3 Å². The van der Waals surface area contributed by atoms with Gasteiger partial charge in [0.05, 0.1) is 26.4 Å². The van der Waals surface area contributed by atoms with Gasteiger partial charge in [0.1, 0.15) is 0 Å². The van der Waals surface area contributed by atoms with Gasteiger partial charge in [-0.2, -0.15) is 8.42 Å². The minimum Gasteiger partial charge on any atom is -0.395 e. The smallest absolute Gasteiger partial charge is 0.395 e. The van der Waals surface area contributed by atoms with Crippen LogP contribution in [0, 0.1) is 0 Å². The average molecular weight is 388 g/mol. The number of hydrogen-bond donors (Lipinski definition) is 4. The Hall–Kier alpha value is -0.290. The third-order valence-electron chi connectivity index (χ3n) is 3.48. The first-order valence-corrected chi connectivity index (χ1v) is 10.4. The van der Waals surface area contributed by atoms with Crippen LogP contribution in [0.4, 0.5) is 0 Å². The monoisotopic (exact) mass is 387 g/mol. The summed E-state index contributed by atoms with van der Waals surface area (Å²) in [4.78, 5) is 1.79. The van der Waals surface area contributed by atoms with E-state index in [-0.39, 0.29) is 26.4 Å². The van der Waals surface area contributed by atoms with E-state index in [4.69, 9.17) is 19.9 Å². The first-order valence-electron chi connectivity index (χ1n) is 9.08. The largest absolute Gasteiger partial charge is 0.397 e. The molecular formula is C16H37NO7S. The molecule has 0 aromatic rings. The predicted octanol–water partition coefficient (Wildman–Crippen LogP) is 1.21. The molecule has 0 radical (unpaired) electrons. The van der Waals surface area contributed by atoms with E-state index >= 15 is 0 Å². The van der Waals surface area contributed by atoms with E-state index in [1.807, 2.05) is 0 Å². The highest BCUT2D eigenvalue weighted by molar-refractivity contribution is 7.80. The molecule has 0 aromatic carbocycles. The summed E-state index contributed by atoms with van der Waals surface area (Å²) in [5, 5.41) is 25.5. The van der Waals surface area contributed by atoms with Crippen LogP contribution in [0.1, 0.15) is 58.3 Å². The van der Waals surface area contributed by atoms with Crippen molar-refractivity contribution in [2.75, 3.05) is 46.1 Å². The number of aliphatic hydroxyl groups excluding tert-OH is 3. The van der Waals surface area contributed by atoms with Gasteiger partial charge in [-0.15, -0.1) is 0 Å². The third-order valence-corrected chi connectivity index (χ3v) is 3.94. The van der Waals surface area contributed by atoms with Gasteiger partial charge in [-0.05, 0) is 6.42 Å². The highest BCUT2D eigenvalue weighted by atomic mass is 32.3. The molecule has 0 aliphatic heterocycles. The standard InChI is InChI=1S/C10H22O4S.C6H15NO3/c1-2-3-4-5-6-7-8-9-10-14-15(11,12)13;8-4-1-7(2-5-9)3-6-10/h2-10H2,1H3,(H,11,12,13);8-10H,1-6H2. The van der Waals surface area contributed by atoms with Gasteiger partial charge in [-0.25, -0.2) is 4.18 Å². The molecule has 0 saturated carbocycles. The van der Waals surface area contributed by atoms with Gasteiger partial charge in [0.15, 0.2) is 0 Å². The molecule has 25 heavy (non-hydrogen) atoms. The maximum atomic E-state index is 10.2. The number of aliphatic hydroxyl groups is 3. The molecule has 8 nitrogen and oxygen atoms in total. The van der Waals surface area contributed by atoms with Crippen molar-refractivity contribution in [1.29, 1.82) is 0 Å². The molecule has 0 spiro atoms. The van der Waals surface area contributed by atoms with E-state index in [1.165, 1.54) is 32.1 Å². The number of rotatable bonds is 16. The van der Waals surface area contributed by atoms with Crippen LogP contribution in [-0.2, 0) is 14.6 Å². The van der Waals surface area contributed by atoms with Crippen molar-refractivity contribution in [3.63, 3.8) is 0 Å². The summed E-state index contributed by atoms with van der Waals surface area (Å²) in [5.74, 6) is 0. The second-order valence-corrected chi connectivity index (χ2v) is 6.83. The second kappa shape index (κ2) is 20.0. The van der Waals surface area contributed by atoms with Gasteiger partial charge < -0.3 is 15.3 Å². The lowest BCUT2D eigenvalue weighted by Gasteiger charge is -2.17. The second-order valence-electron chi connectivity index (χ2n) is 5.74. The zero-order valence-corrected chi connectivity index (χ0v) is 16.3. The summed E-state index contributed by atoms with van der Waals surface area (Å²) in [5.41, 5.74) is 0. The molecule has 0 bridgehead atoms. The highest BCUT2D eigenvalue weighted by Crippen LogP contribution is 2.08. The Labute approximate surface area is 152 Å². The molecule has 0 saturated heterocycles. The van der Waals surface area contributed by atoms with Crippen molar-refractivity contribution >= 4 is 10.4 Å². The fourth-order valence-electron chi connectivity index (χ4n) is 2.16. The van der Waals surface area contributed by atoms with E-state index in [9.17, 15) is 8.42 Å². The van der Waals surface area contributed by atoms with Crippen LogP contribution in [0.3, 0.4) is 0 Å². The first kappa shape index (κ1) is 26.9. The summed E-state index contributed by atoms with van der Waals surface area (Å²) < 4.78 is 32.8. The van der Waals surface area contributed by atoms with Crippen LogP contribution in [0.15, 0.2) is 0 Å². The Morgan fingerprint density at radius 3 is 1.52 bits per heavy atom. The van der Waals surface area contributed by atoms with Crippen molar-refractivity contribution in [1.82, 2.24) is 4.90 Å². The lowest BCUT2D eigenvalue weighted by Crippen LogP contribution is -2.32. The van der Waals surface area contributed by atoms with Crippen LogP contribution < -0.4 is 0 Å². The van der Waals surface area contributed by atoms with Gasteiger partial charge >= 0.3 is 10.4 Å². The van der Waals surface area contributed by atoms with Gasteiger partial charge in [0.2, 0.25) is 0 Å². The minimum absolute atomic E-state index is 0.0694. The molecule has 0 atom stereocenters. The van der Waals surface area contributed by atoms with Crippen LogP contribution in [0.5, 0.6) is 0 Å². The third kappa shape index (κ3) is 26.1. The molecule has 0 amide bonds. The highest BCUT2D eigenvalue weighted by Gasteiger charge is 2.02. The van der Waals surface area contributed by atoms with E-state index in [0.717, 1.165) is 12.8 Å². The van der Waals surface area contributed by atoms with Crippen LogP contribution in [0.25, 0.3) is 0 Å². The zero-order valence-electron chi connectivity index (χ0n) is 15.5. The van der Waals surface area contributed by atoms with E-state index in [0.29, 0.717) is 26.1 Å². The van der Waals surface area contributed by atoms with Gasteiger partial charge in [-0.3, -0.25) is 9.45 Å².